The number of methoxy groups -OCH3 is 1. The van der Waals surface area contributed by atoms with Gasteiger partial charge in [-0.3, -0.25) is 14.5 Å². The maximum atomic E-state index is 11.6. The second-order valence-electron chi connectivity index (χ2n) is 4.39. The summed E-state index contributed by atoms with van der Waals surface area (Å²) in [6.45, 7) is 0.463. The van der Waals surface area contributed by atoms with Gasteiger partial charge in [0.25, 0.3) is 0 Å². The summed E-state index contributed by atoms with van der Waals surface area (Å²) < 4.78 is 5.14. The summed E-state index contributed by atoms with van der Waals surface area (Å²) in [5.41, 5.74) is 1.07. The van der Waals surface area contributed by atoms with Crippen LogP contribution >= 0.6 is 0 Å². The van der Waals surface area contributed by atoms with Crippen LogP contribution in [-0.4, -0.2) is 30.4 Å². The average molecular weight is 247 g/mol. The average Bonchev–Trinajstić information content (AvgIpc) is 2.38. The summed E-state index contributed by atoms with van der Waals surface area (Å²) >= 11 is 0. The summed E-state index contributed by atoms with van der Waals surface area (Å²) in [5.74, 6) is 0.701. The Morgan fingerprint density at radius 3 is 2.61 bits per heavy atom. The fourth-order valence-electron chi connectivity index (χ4n) is 2.12. The lowest BCUT2D eigenvalue weighted by molar-refractivity contribution is -0.147. The highest BCUT2D eigenvalue weighted by atomic mass is 16.5. The van der Waals surface area contributed by atoms with Gasteiger partial charge in [0.05, 0.1) is 7.11 Å². The van der Waals surface area contributed by atoms with Gasteiger partial charge in [0.15, 0.2) is 0 Å². The fourth-order valence-corrected chi connectivity index (χ4v) is 2.12. The number of ether oxygens (including phenoxy) is 1. The predicted octanol–water partition coefficient (Wildman–Crippen LogP) is 1.78. The lowest BCUT2D eigenvalue weighted by Crippen LogP contribution is -2.41. The van der Waals surface area contributed by atoms with E-state index < -0.39 is 0 Å². The molecular weight excluding hydrogens is 230 g/mol. The van der Waals surface area contributed by atoms with E-state index in [2.05, 4.69) is 0 Å². The molecule has 2 rings (SSSR count). The molecule has 1 aliphatic rings. The molecule has 0 aromatic heterocycles. The first-order valence-electron chi connectivity index (χ1n) is 6.17. The highest BCUT2D eigenvalue weighted by Crippen LogP contribution is 2.16. The molecule has 1 aliphatic heterocycles. The van der Waals surface area contributed by atoms with E-state index in [0.717, 1.165) is 11.3 Å². The Kier molecular flexibility index (Phi) is 3.97. The second-order valence-corrected chi connectivity index (χ2v) is 4.39. The van der Waals surface area contributed by atoms with Gasteiger partial charge in [-0.25, -0.2) is 0 Å². The molecule has 0 radical (unpaired) electrons. The standard InChI is InChI=1S/C14H17NO3/c1-18-12-5-2-4-11(10-12)8-9-15-13(16)6-3-7-14(15)17/h2,4-5,10H,3,6-9H2,1H3. The predicted molar refractivity (Wildman–Crippen MR) is 67.3 cm³/mol. The van der Waals surface area contributed by atoms with Crippen LogP contribution in [0.4, 0.5) is 0 Å². The Morgan fingerprint density at radius 2 is 1.94 bits per heavy atom. The van der Waals surface area contributed by atoms with Crippen LogP contribution in [0.15, 0.2) is 24.3 Å². The lowest BCUT2D eigenvalue weighted by atomic mass is 10.1. The zero-order chi connectivity index (χ0) is 13.0. The zero-order valence-electron chi connectivity index (χ0n) is 10.5. The van der Waals surface area contributed by atoms with E-state index >= 15 is 0 Å². The molecule has 4 heteroatoms. The molecule has 0 aliphatic carbocycles. The first-order valence-corrected chi connectivity index (χ1v) is 6.17. The van der Waals surface area contributed by atoms with Gasteiger partial charge in [-0.2, -0.15) is 0 Å². The van der Waals surface area contributed by atoms with Crippen molar-refractivity contribution in [2.45, 2.75) is 25.7 Å². The van der Waals surface area contributed by atoms with Crippen LogP contribution in [-0.2, 0) is 16.0 Å². The van der Waals surface area contributed by atoms with Crippen molar-refractivity contribution in [3.05, 3.63) is 29.8 Å². The second kappa shape index (κ2) is 5.67. The minimum Gasteiger partial charge on any atom is -0.497 e. The Bertz CT molecular complexity index is 440. The van der Waals surface area contributed by atoms with Crippen molar-refractivity contribution in [3.8, 4) is 5.75 Å². The largest absolute Gasteiger partial charge is 0.497 e. The molecule has 1 saturated heterocycles. The summed E-state index contributed by atoms with van der Waals surface area (Å²) in [6.07, 6.45) is 2.34. The van der Waals surface area contributed by atoms with E-state index in [1.807, 2.05) is 24.3 Å². The fraction of sp³-hybridized carbons (Fsp3) is 0.429. The van der Waals surface area contributed by atoms with Crippen molar-refractivity contribution >= 4 is 11.8 Å². The molecular formula is C14H17NO3. The number of carbonyl (C=O) groups excluding carboxylic acids is 2. The molecule has 1 aromatic carbocycles. The molecule has 0 atom stereocenters. The molecule has 4 nitrogen and oxygen atoms in total. The van der Waals surface area contributed by atoms with Crippen molar-refractivity contribution in [3.63, 3.8) is 0 Å². The first kappa shape index (κ1) is 12.6. The molecule has 0 spiro atoms. The molecule has 2 amide bonds. The minimum absolute atomic E-state index is 0.0471. The number of amides is 2. The molecule has 1 fully saturated rings. The van der Waals surface area contributed by atoms with Gasteiger partial charge in [0.1, 0.15) is 5.75 Å². The van der Waals surface area contributed by atoms with Gasteiger partial charge < -0.3 is 4.74 Å². The number of piperidine rings is 1. The number of benzene rings is 1. The number of nitrogens with zero attached hydrogens (tertiary/aromatic N) is 1. The van der Waals surface area contributed by atoms with Gasteiger partial charge in [-0.1, -0.05) is 12.1 Å². The summed E-state index contributed by atoms with van der Waals surface area (Å²) in [5, 5.41) is 0. The Morgan fingerprint density at radius 1 is 1.22 bits per heavy atom. The van der Waals surface area contributed by atoms with Crippen LogP contribution in [0.25, 0.3) is 0 Å². The number of carbonyl (C=O) groups is 2. The van der Waals surface area contributed by atoms with E-state index in [-0.39, 0.29) is 11.8 Å². The van der Waals surface area contributed by atoms with Crippen molar-refractivity contribution in [2.75, 3.05) is 13.7 Å². The van der Waals surface area contributed by atoms with E-state index in [9.17, 15) is 9.59 Å². The zero-order valence-corrected chi connectivity index (χ0v) is 10.5. The third-order valence-corrected chi connectivity index (χ3v) is 3.14. The Hall–Kier alpha value is -1.84. The highest BCUT2D eigenvalue weighted by molar-refractivity contribution is 5.97. The molecule has 18 heavy (non-hydrogen) atoms. The van der Waals surface area contributed by atoms with Crippen molar-refractivity contribution < 1.29 is 14.3 Å². The molecule has 1 heterocycles. The van der Waals surface area contributed by atoms with Gasteiger partial charge in [-0.15, -0.1) is 0 Å². The van der Waals surface area contributed by atoms with Gasteiger partial charge >= 0.3 is 0 Å². The molecule has 0 unspecified atom stereocenters. The van der Waals surface area contributed by atoms with Gasteiger partial charge in [0, 0.05) is 19.4 Å². The van der Waals surface area contributed by atoms with Gasteiger partial charge in [-0.05, 0) is 30.5 Å². The summed E-state index contributed by atoms with van der Waals surface area (Å²) in [4.78, 5) is 24.6. The van der Waals surface area contributed by atoms with Crippen LogP contribution in [0.1, 0.15) is 24.8 Å². The van der Waals surface area contributed by atoms with Crippen LogP contribution in [0.3, 0.4) is 0 Å². The van der Waals surface area contributed by atoms with E-state index in [0.29, 0.717) is 32.2 Å². The lowest BCUT2D eigenvalue weighted by Gasteiger charge is -2.24. The SMILES string of the molecule is COc1cccc(CCN2C(=O)CCCC2=O)c1. The molecule has 0 saturated carbocycles. The third-order valence-electron chi connectivity index (χ3n) is 3.14. The monoisotopic (exact) mass is 247 g/mol. The number of rotatable bonds is 4. The number of likely N-dealkylation sites (tertiary alicyclic amines) is 1. The first-order chi connectivity index (χ1) is 8.70. The van der Waals surface area contributed by atoms with E-state index in [1.54, 1.807) is 7.11 Å². The smallest absolute Gasteiger partial charge is 0.229 e. The van der Waals surface area contributed by atoms with Crippen LogP contribution in [0.2, 0.25) is 0 Å². The minimum atomic E-state index is -0.0471. The maximum absolute atomic E-state index is 11.6. The molecule has 0 bridgehead atoms. The number of imide groups is 1. The molecule has 1 aromatic rings. The topological polar surface area (TPSA) is 46.6 Å². The van der Waals surface area contributed by atoms with E-state index in [4.69, 9.17) is 4.74 Å². The van der Waals surface area contributed by atoms with Crippen LogP contribution < -0.4 is 4.74 Å². The highest BCUT2D eigenvalue weighted by Gasteiger charge is 2.25. The normalized spacial score (nSPS) is 15.9. The number of hydrogen-bond acceptors (Lipinski definition) is 3. The maximum Gasteiger partial charge on any atom is 0.229 e. The molecule has 96 valence electrons. The van der Waals surface area contributed by atoms with Gasteiger partial charge in [0.2, 0.25) is 11.8 Å². The van der Waals surface area contributed by atoms with Crippen molar-refractivity contribution in [2.24, 2.45) is 0 Å². The van der Waals surface area contributed by atoms with E-state index in [1.165, 1.54) is 4.90 Å². The summed E-state index contributed by atoms with van der Waals surface area (Å²) in [7, 11) is 1.62. The van der Waals surface area contributed by atoms with Crippen LogP contribution in [0.5, 0.6) is 5.75 Å². The Balaban J connectivity index is 1.97. The van der Waals surface area contributed by atoms with Crippen LogP contribution in [0, 0.1) is 0 Å². The third kappa shape index (κ3) is 2.88. The Labute approximate surface area is 107 Å². The quantitative estimate of drug-likeness (QED) is 0.762. The summed E-state index contributed by atoms with van der Waals surface area (Å²) in [6, 6.07) is 7.69. The number of hydrogen-bond donors (Lipinski definition) is 0. The van der Waals surface area contributed by atoms with Crippen molar-refractivity contribution in [1.29, 1.82) is 0 Å². The van der Waals surface area contributed by atoms with Crippen molar-refractivity contribution in [1.82, 2.24) is 4.90 Å². The molecule has 0 N–H and O–H groups in total.